The molecule has 0 unspecified atom stereocenters. The number of carbonyl (C=O) groups is 5. The van der Waals surface area contributed by atoms with Gasteiger partial charge in [-0.1, -0.05) is 36.4 Å². The molecular formula is C53H65N11O7. The fraction of sp³-hybridized carbons (Fsp3) is 0.472. The number of amides is 5. The van der Waals surface area contributed by atoms with E-state index in [1.165, 1.54) is 62.7 Å². The van der Waals surface area contributed by atoms with Crippen LogP contribution in [0.2, 0.25) is 0 Å². The van der Waals surface area contributed by atoms with Gasteiger partial charge < -0.3 is 52.8 Å². The first-order valence-corrected chi connectivity index (χ1v) is 24.7. The summed E-state index contributed by atoms with van der Waals surface area (Å²) in [5.41, 5.74) is 22.5. The van der Waals surface area contributed by atoms with E-state index >= 15 is 0 Å². The Bertz CT molecular complexity index is 2640. The first-order valence-electron chi connectivity index (χ1n) is 24.7. The fourth-order valence-electron chi connectivity index (χ4n) is 11.5. The van der Waals surface area contributed by atoms with Crippen LogP contribution < -0.4 is 47.9 Å². The van der Waals surface area contributed by atoms with E-state index in [0.717, 1.165) is 29.2 Å². The predicted octanol–water partition coefficient (Wildman–Crippen LogP) is 3.17. The van der Waals surface area contributed by atoms with Gasteiger partial charge in [0.2, 0.25) is 23.6 Å². The number of nitrogens with two attached hydrogens (primary N) is 3. The SMILES string of the molecule is Cc1nc(-c2ccc(C3C4CC5CC(C4)CC3C5)cc2)ncc1C(=O)N[C@@H](CCN)C(=O)N(C)[C@@H]1C(=O)N[C@@H](C)C(=O)N[C@H](C(=O)NCC#N)Cc2ccc(OCCN)c(c2)-c2cc1ccc2OCCN. The Hall–Kier alpha value is -6.94. The summed E-state index contributed by atoms with van der Waals surface area (Å²) >= 11 is 0. The second-order valence-corrected chi connectivity index (χ2v) is 19.5. The normalized spacial score (nSPS) is 23.8. The molecule has 4 fully saturated rings. The minimum absolute atomic E-state index is 0.00569. The summed E-state index contributed by atoms with van der Waals surface area (Å²) in [5, 5.41) is 20.0. The molecule has 3 aromatic carbocycles. The van der Waals surface area contributed by atoms with Crippen LogP contribution in [0.4, 0.5) is 0 Å². The van der Waals surface area contributed by atoms with Crippen molar-refractivity contribution in [3.63, 3.8) is 0 Å². The van der Waals surface area contributed by atoms with Crippen molar-refractivity contribution >= 4 is 29.5 Å². The molecule has 0 radical (unpaired) electrons. The van der Waals surface area contributed by atoms with Crippen molar-refractivity contribution in [2.24, 2.45) is 40.9 Å². The average molecular weight is 968 g/mol. The average Bonchev–Trinajstić information content (AvgIpc) is 3.36. The van der Waals surface area contributed by atoms with Crippen LogP contribution in [0.25, 0.3) is 22.5 Å². The summed E-state index contributed by atoms with van der Waals surface area (Å²) in [6.07, 6.45) is 8.25. The van der Waals surface area contributed by atoms with Crippen molar-refractivity contribution in [1.29, 1.82) is 5.26 Å². The van der Waals surface area contributed by atoms with E-state index in [2.05, 4.69) is 50.5 Å². The van der Waals surface area contributed by atoms with Gasteiger partial charge in [-0.05, 0) is 129 Å². The van der Waals surface area contributed by atoms with Crippen molar-refractivity contribution in [2.45, 2.75) is 88.9 Å². The molecule has 1 aliphatic heterocycles. The van der Waals surface area contributed by atoms with Crippen LogP contribution in [0.5, 0.6) is 11.5 Å². The van der Waals surface area contributed by atoms with E-state index < -0.39 is 53.7 Å². The van der Waals surface area contributed by atoms with Gasteiger partial charge in [0, 0.05) is 49.4 Å². The van der Waals surface area contributed by atoms with Gasteiger partial charge in [0.25, 0.3) is 5.91 Å². The summed E-state index contributed by atoms with van der Waals surface area (Å²) in [6.45, 7) is 3.56. The van der Waals surface area contributed by atoms with Crippen molar-refractivity contribution in [3.8, 4) is 40.1 Å². The molecule has 1 aromatic heterocycles. The van der Waals surface area contributed by atoms with Gasteiger partial charge in [-0.2, -0.15) is 5.26 Å². The highest BCUT2D eigenvalue weighted by Crippen LogP contribution is 2.59. The third kappa shape index (κ3) is 11.2. The van der Waals surface area contributed by atoms with Gasteiger partial charge in [-0.3, -0.25) is 24.0 Å². The summed E-state index contributed by atoms with van der Waals surface area (Å²) < 4.78 is 12.2. The number of ether oxygens (including phenoxy) is 2. The summed E-state index contributed by atoms with van der Waals surface area (Å²) in [7, 11) is 1.43. The molecule has 18 heteroatoms. The summed E-state index contributed by atoms with van der Waals surface area (Å²) in [4.78, 5) is 81.2. The Balaban J connectivity index is 1.08. The van der Waals surface area contributed by atoms with Gasteiger partial charge >= 0.3 is 0 Å². The molecule has 2 heterocycles. The van der Waals surface area contributed by atoms with Crippen molar-refractivity contribution in [2.75, 3.05) is 46.4 Å². The number of hydrogen-bond acceptors (Lipinski definition) is 13. The van der Waals surface area contributed by atoms with E-state index in [0.29, 0.717) is 51.2 Å². The Morgan fingerprint density at radius 3 is 2.10 bits per heavy atom. The monoisotopic (exact) mass is 968 g/mol. The van der Waals surface area contributed by atoms with E-state index in [4.69, 9.17) is 31.7 Å². The van der Waals surface area contributed by atoms with Crippen molar-refractivity contribution in [1.82, 2.24) is 36.1 Å². The molecule has 9 rings (SSSR count). The molecule has 374 valence electrons. The lowest BCUT2D eigenvalue weighted by atomic mass is 9.51. The standard InChI is InChI=1S/C53H65N11O7/c1-29-41(28-59-48(60-29)35-7-5-34(6-8-35)46-37-21-32-20-33(23-37)24-38(46)22-32)50(66)62-42(12-13-54)53(69)64(3)47-36-9-11-45(71-19-16-57)40(27-36)39-25-31(4-10-44(39)70-18-15-56)26-43(51(67)58-17-14-55)63-49(65)30(2)61-52(47)68/h4-11,25,27-28,30,32-33,37-38,42-43,46-47H,12-13,15-24,26,54,56-57H2,1-3H3,(H,58,67)(H,61,68)(H,62,66)(H,63,65)/t30-,32?,33?,37?,38?,42-,43-,46?,47-/m0/s1. The van der Waals surface area contributed by atoms with E-state index in [9.17, 15) is 29.2 Å². The lowest BCUT2D eigenvalue weighted by molar-refractivity contribution is -0.141. The van der Waals surface area contributed by atoms with Gasteiger partial charge in [0.1, 0.15) is 55.4 Å². The van der Waals surface area contributed by atoms with Crippen LogP contribution in [-0.4, -0.2) is 109 Å². The Kier molecular flexibility index (Phi) is 15.9. The lowest BCUT2D eigenvalue weighted by Gasteiger charge is -2.54. The number of nitrogens with zero attached hydrogens (tertiary/aromatic N) is 4. The second kappa shape index (κ2) is 22.4. The Morgan fingerprint density at radius 1 is 0.845 bits per heavy atom. The number of rotatable bonds is 16. The first-order chi connectivity index (χ1) is 34.3. The van der Waals surface area contributed by atoms with E-state index in [1.807, 2.05) is 6.07 Å². The van der Waals surface area contributed by atoms with Crippen LogP contribution in [0, 0.1) is 41.9 Å². The highest BCUT2D eigenvalue weighted by molar-refractivity contribution is 6.00. The number of carbonyl (C=O) groups excluding carboxylic acids is 5. The zero-order valence-electron chi connectivity index (χ0n) is 40.6. The molecule has 8 bridgehead atoms. The van der Waals surface area contributed by atoms with E-state index in [-0.39, 0.29) is 57.8 Å². The maximum absolute atomic E-state index is 14.8. The largest absolute Gasteiger partial charge is 0.492 e. The summed E-state index contributed by atoms with van der Waals surface area (Å²) in [5.74, 6) is 1.89. The molecule has 18 nitrogen and oxygen atoms in total. The third-order valence-corrected chi connectivity index (χ3v) is 14.6. The maximum atomic E-state index is 14.8. The number of aryl methyl sites for hydroxylation is 1. The maximum Gasteiger partial charge on any atom is 0.255 e. The molecule has 4 atom stereocenters. The number of fused-ring (bicyclic) bond motifs is 5. The molecule has 0 saturated heterocycles. The van der Waals surface area contributed by atoms with Gasteiger partial charge in [0.15, 0.2) is 5.82 Å². The van der Waals surface area contributed by atoms with Crippen LogP contribution in [-0.2, 0) is 25.6 Å². The molecule has 71 heavy (non-hydrogen) atoms. The number of aromatic nitrogens is 2. The molecule has 10 N–H and O–H groups in total. The zero-order chi connectivity index (χ0) is 50.3. The first kappa shape index (κ1) is 50.4. The molecule has 5 aliphatic rings. The highest BCUT2D eigenvalue weighted by Gasteiger charge is 2.48. The van der Waals surface area contributed by atoms with Gasteiger partial charge in [-0.25, -0.2) is 9.97 Å². The Morgan fingerprint density at radius 2 is 1.48 bits per heavy atom. The minimum atomic E-state index is -1.40. The number of nitriles is 1. The predicted molar refractivity (Wildman–Crippen MR) is 265 cm³/mol. The van der Waals surface area contributed by atoms with Gasteiger partial charge in [0.05, 0.1) is 17.3 Å². The van der Waals surface area contributed by atoms with Gasteiger partial charge in [-0.15, -0.1) is 0 Å². The quantitative estimate of drug-likeness (QED) is 0.0796. The fourth-order valence-corrected chi connectivity index (χ4v) is 11.5. The zero-order valence-corrected chi connectivity index (χ0v) is 40.6. The van der Waals surface area contributed by atoms with Crippen LogP contribution >= 0.6 is 0 Å². The van der Waals surface area contributed by atoms with Crippen LogP contribution in [0.15, 0.2) is 66.9 Å². The lowest BCUT2D eigenvalue weighted by Crippen LogP contribution is -2.56. The smallest absolute Gasteiger partial charge is 0.255 e. The van der Waals surface area contributed by atoms with Crippen LogP contribution in [0.3, 0.4) is 0 Å². The molecule has 0 spiro atoms. The molecule has 4 aromatic rings. The molecule has 5 amide bonds. The highest BCUT2D eigenvalue weighted by atomic mass is 16.5. The number of likely N-dealkylation sites (N-methyl/N-ethyl adjacent to an activating group) is 1. The Labute approximate surface area is 414 Å². The second-order valence-electron chi connectivity index (χ2n) is 19.5. The molecule has 4 saturated carbocycles. The minimum Gasteiger partial charge on any atom is -0.492 e. The van der Waals surface area contributed by atoms with Crippen molar-refractivity contribution < 1.29 is 33.4 Å². The third-order valence-electron chi connectivity index (χ3n) is 14.6. The van der Waals surface area contributed by atoms with Crippen molar-refractivity contribution in [3.05, 3.63) is 94.8 Å². The van der Waals surface area contributed by atoms with E-state index in [1.54, 1.807) is 43.3 Å². The number of benzene rings is 3. The molecule has 4 aliphatic carbocycles. The topological polar surface area (TPSA) is 283 Å². The molecular weight excluding hydrogens is 903 g/mol. The summed E-state index contributed by atoms with van der Waals surface area (Å²) in [6, 6.07) is 15.7. The van der Waals surface area contributed by atoms with Crippen LogP contribution in [0.1, 0.15) is 90.2 Å². The number of hydrogen-bond donors (Lipinski definition) is 7. The number of nitrogens with one attached hydrogen (secondary N) is 4.